The number of carbonyl (C=O) groups excluding carboxylic acids is 1. The van der Waals surface area contributed by atoms with E-state index in [0.29, 0.717) is 12.2 Å². The molecule has 1 aromatic heterocycles. The van der Waals surface area contributed by atoms with E-state index < -0.39 is 0 Å². The summed E-state index contributed by atoms with van der Waals surface area (Å²) in [5, 5.41) is 1.13. The summed E-state index contributed by atoms with van der Waals surface area (Å²) in [4.78, 5) is 15.6. The van der Waals surface area contributed by atoms with Crippen molar-refractivity contribution in [2.75, 3.05) is 0 Å². The van der Waals surface area contributed by atoms with Crippen LogP contribution in [0.3, 0.4) is 0 Å². The van der Waals surface area contributed by atoms with Gasteiger partial charge in [-0.2, -0.15) is 0 Å². The van der Waals surface area contributed by atoms with E-state index in [2.05, 4.69) is 31.0 Å². The normalized spacial score (nSPS) is 16.0. The standard InChI is InChI=1S/C15H17NO/c1-9-7-10(2)15-11(8-9)14-12(16-15)5-3-4-6-13(14)17/h7-8,16H,3-6H2,1-2H3. The number of aromatic amines is 1. The van der Waals surface area contributed by atoms with Crippen LogP contribution in [0.25, 0.3) is 10.9 Å². The fraction of sp³-hybridized carbons (Fsp3) is 0.400. The van der Waals surface area contributed by atoms with Gasteiger partial charge in [0.2, 0.25) is 0 Å². The average Bonchev–Trinajstić information content (AvgIpc) is 2.53. The Morgan fingerprint density at radius 1 is 1.12 bits per heavy atom. The van der Waals surface area contributed by atoms with Gasteiger partial charge in [-0.1, -0.05) is 11.6 Å². The van der Waals surface area contributed by atoms with Gasteiger partial charge in [0.1, 0.15) is 0 Å². The zero-order chi connectivity index (χ0) is 12.0. The Balaban J connectivity index is 2.36. The lowest BCUT2D eigenvalue weighted by Crippen LogP contribution is -1.97. The average molecular weight is 227 g/mol. The Kier molecular flexibility index (Phi) is 2.32. The molecule has 0 unspecified atom stereocenters. The van der Waals surface area contributed by atoms with Crippen LogP contribution in [0.5, 0.6) is 0 Å². The van der Waals surface area contributed by atoms with E-state index in [4.69, 9.17) is 0 Å². The highest BCUT2D eigenvalue weighted by Crippen LogP contribution is 2.30. The molecule has 2 aromatic rings. The van der Waals surface area contributed by atoms with Gasteiger partial charge in [0, 0.05) is 28.6 Å². The van der Waals surface area contributed by atoms with Crippen molar-refractivity contribution in [3.8, 4) is 0 Å². The first-order valence-corrected chi connectivity index (χ1v) is 6.32. The monoisotopic (exact) mass is 227 g/mol. The topological polar surface area (TPSA) is 32.9 Å². The minimum atomic E-state index is 0.314. The molecule has 0 atom stereocenters. The largest absolute Gasteiger partial charge is 0.358 e. The van der Waals surface area contributed by atoms with E-state index in [1.165, 1.54) is 11.1 Å². The van der Waals surface area contributed by atoms with Crippen LogP contribution in [-0.2, 0) is 6.42 Å². The molecule has 1 N–H and O–H groups in total. The number of aromatic nitrogens is 1. The highest BCUT2D eigenvalue weighted by atomic mass is 16.1. The Labute approximate surface area is 101 Å². The third-order valence-electron chi connectivity index (χ3n) is 3.69. The number of fused-ring (bicyclic) bond motifs is 3. The van der Waals surface area contributed by atoms with Crippen molar-refractivity contribution in [3.05, 3.63) is 34.5 Å². The molecule has 1 aliphatic carbocycles. The lowest BCUT2D eigenvalue weighted by molar-refractivity contribution is 0.0983. The molecule has 2 nitrogen and oxygen atoms in total. The molecule has 17 heavy (non-hydrogen) atoms. The van der Waals surface area contributed by atoms with Gasteiger partial charge in [0.15, 0.2) is 5.78 Å². The van der Waals surface area contributed by atoms with E-state index >= 15 is 0 Å². The lowest BCUT2D eigenvalue weighted by Gasteiger charge is -2.01. The summed E-state index contributed by atoms with van der Waals surface area (Å²) in [7, 11) is 0. The fourth-order valence-corrected chi connectivity index (χ4v) is 2.92. The van der Waals surface area contributed by atoms with Gasteiger partial charge in [-0.3, -0.25) is 4.79 Å². The van der Waals surface area contributed by atoms with Crippen LogP contribution in [0, 0.1) is 13.8 Å². The van der Waals surface area contributed by atoms with Crippen molar-refractivity contribution in [2.45, 2.75) is 39.5 Å². The summed E-state index contributed by atoms with van der Waals surface area (Å²) >= 11 is 0. The van der Waals surface area contributed by atoms with E-state index in [0.717, 1.165) is 41.4 Å². The SMILES string of the molecule is Cc1cc(C)c2[nH]c3c(c2c1)C(=O)CCCC3. The predicted octanol–water partition coefficient (Wildman–Crippen LogP) is 3.69. The molecule has 1 aliphatic rings. The second-order valence-electron chi connectivity index (χ2n) is 5.11. The number of benzene rings is 1. The minimum Gasteiger partial charge on any atom is -0.358 e. The summed E-state index contributed by atoms with van der Waals surface area (Å²) in [5.41, 5.74) is 5.73. The molecule has 0 aliphatic heterocycles. The molecule has 88 valence electrons. The van der Waals surface area contributed by atoms with Gasteiger partial charge >= 0.3 is 0 Å². The lowest BCUT2D eigenvalue weighted by atomic mass is 10.0. The Morgan fingerprint density at radius 3 is 2.71 bits per heavy atom. The maximum atomic E-state index is 12.2. The summed E-state index contributed by atoms with van der Waals surface area (Å²) < 4.78 is 0. The minimum absolute atomic E-state index is 0.314. The number of rotatable bonds is 0. The summed E-state index contributed by atoms with van der Waals surface area (Å²) in [6.45, 7) is 4.20. The quantitative estimate of drug-likeness (QED) is 0.684. The number of hydrogen-bond donors (Lipinski definition) is 1. The number of ketones is 1. The van der Waals surface area contributed by atoms with Crippen LogP contribution < -0.4 is 0 Å². The number of nitrogens with one attached hydrogen (secondary N) is 1. The van der Waals surface area contributed by atoms with Crippen LogP contribution in [0.4, 0.5) is 0 Å². The first kappa shape index (κ1) is 10.6. The van der Waals surface area contributed by atoms with Gasteiger partial charge < -0.3 is 4.98 Å². The van der Waals surface area contributed by atoms with E-state index in [9.17, 15) is 4.79 Å². The van der Waals surface area contributed by atoms with Crippen molar-refractivity contribution in [1.82, 2.24) is 4.98 Å². The van der Waals surface area contributed by atoms with Gasteiger partial charge in [-0.15, -0.1) is 0 Å². The van der Waals surface area contributed by atoms with Crippen molar-refractivity contribution < 1.29 is 4.79 Å². The number of Topliss-reactive ketones (excluding diaryl/α,β-unsaturated/α-hetero) is 1. The molecule has 0 spiro atoms. The first-order chi connectivity index (χ1) is 8.16. The molecule has 0 saturated heterocycles. The van der Waals surface area contributed by atoms with Crippen LogP contribution in [0.1, 0.15) is 46.4 Å². The summed E-state index contributed by atoms with van der Waals surface area (Å²) in [5.74, 6) is 0.314. The van der Waals surface area contributed by atoms with Gasteiger partial charge in [0.05, 0.1) is 0 Å². The predicted molar refractivity (Wildman–Crippen MR) is 69.7 cm³/mol. The molecule has 0 saturated carbocycles. The second kappa shape index (κ2) is 3.73. The second-order valence-corrected chi connectivity index (χ2v) is 5.11. The van der Waals surface area contributed by atoms with Gasteiger partial charge in [0.25, 0.3) is 0 Å². The Hall–Kier alpha value is -1.57. The van der Waals surface area contributed by atoms with Crippen LogP contribution in [0.2, 0.25) is 0 Å². The Bertz CT molecular complexity index is 607. The molecule has 0 amide bonds. The van der Waals surface area contributed by atoms with E-state index in [-0.39, 0.29) is 0 Å². The van der Waals surface area contributed by atoms with Gasteiger partial charge in [-0.05, 0) is 44.7 Å². The molecule has 2 heteroatoms. The first-order valence-electron chi connectivity index (χ1n) is 6.32. The molecular formula is C15H17NO. The smallest absolute Gasteiger partial charge is 0.165 e. The Morgan fingerprint density at radius 2 is 1.88 bits per heavy atom. The maximum absolute atomic E-state index is 12.2. The number of aryl methyl sites for hydroxylation is 3. The van der Waals surface area contributed by atoms with Crippen LogP contribution >= 0.6 is 0 Å². The van der Waals surface area contributed by atoms with Crippen molar-refractivity contribution in [2.24, 2.45) is 0 Å². The molecule has 0 radical (unpaired) electrons. The summed E-state index contributed by atoms with van der Waals surface area (Å²) in [6.07, 6.45) is 3.85. The highest BCUT2D eigenvalue weighted by molar-refractivity contribution is 6.10. The van der Waals surface area contributed by atoms with E-state index in [1.54, 1.807) is 0 Å². The summed E-state index contributed by atoms with van der Waals surface area (Å²) in [6, 6.07) is 4.31. The molecule has 1 heterocycles. The molecular weight excluding hydrogens is 210 g/mol. The zero-order valence-electron chi connectivity index (χ0n) is 10.4. The molecule has 0 bridgehead atoms. The third-order valence-corrected chi connectivity index (χ3v) is 3.69. The number of carbonyl (C=O) groups is 1. The van der Waals surface area contributed by atoms with E-state index in [1.807, 2.05) is 0 Å². The third kappa shape index (κ3) is 1.59. The number of H-pyrrole nitrogens is 1. The molecule has 1 aromatic carbocycles. The van der Waals surface area contributed by atoms with Crippen molar-refractivity contribution in [1.29, 1.82) is 0 Å². The van der Waals surface area contributed by atoms with Crippen molar-refractivity contribution in [3.63, 3.8) is 0 Å². The maximum Gasteiger partial charge on any atom is 0.165 e. The number of hydrogen-bond acceptors (Lipinski definition) is 1. The molecule has 3 rings (SSSR count). The van der Waals surface area contributed by atoms with Crippen molar-refractivity contribution >= 4 is 16.7 Å². The van der Waals surface area contributed by atoms with Crippen LogP contribution in [-0.4, -0.2) is 10.8 Å². The highest BCUT2D eigenvalue weighted by Gasteiger charge is 2.21. The fourth-order valence-electron chi connectivity index (χ4n) is 2.92. The molecule has 0 fully saturated rings. The zero-order valence-corrected chi connectivity index (χ0v) is 10.4. The van der Waals surface area contributed by atoms with Gasteiger partial charge in [-0.25, -0.2) is 0 Å². The van der Waals surface area contributed by atoms with Crippen LogP contribution in [0.15, 0.2) is 12.1 Å².